The Morgan fingerprint density at radius 3 is 1.60 bits per heavy atom. The molecule has 0 amide bonds. The minimum Gasteiger partial charge on any atom is -2.00 e. The van der Waals surface area contributed by atoms with Crippen LogP contribution in [-0.2, 0) is 24.0 Å². The number of hydrogen-bond donors (Lipinski definition) is 0. The standard InChI is InChI=1S/C10H8N2.C5H4N2O2.O2.O.V/c1-3-7-11-9(5-1)10-6-2-4-8-12-10;8-5(9)4-3-6-1-2-7-4;1-2;;/h1-8H;1-3H,(H,8,9);;;/q;;2*-2;/p-1. The van der Waals surface area contributed by atoms with Gasteiger partial charge in [0.15, 0.2) is 0 Å². The Hall–Kier alpha value is -2.69. The van der Waals surface area contributed by atoms with Gasteiger partial charge in [-0.3, -0.25) is 19.9 Å². The number of nitrogens with zero attached hydrogens (tertiary/aromatic N) is 4. The van der Waals surface area contributed by atoms with Crippen molar-refractivity contribution in [2.24, 2.45) is 0 Å². The zero-order valence-corrected chi connectivity index (χ0v) is 14.0. The molecule has 0 saturated heterocycles. The van der Waals surface area contributed by atoms with E-state index in [4.69, 9.17) is 10.5 Å². The Labute approximate surface area is 155 Å². The number of aromatic carboxylic acids is 1. The third-order valence-electron chi connectivity index (χ3n) is 2.36. The van der Waals surface area contributed by atoms with E-state index in [9.17, 15) is 9.90 Å². The number of carbonyl (C=O) groups is 1. The number of carboxylic acid groups (broad SMARTS) is 1. The first-order chi connectivity index (χ1) is 11.3. The minimum absolute atomic E-state index is 0. The van der Waals surface area contributed by atoms with Crippen molar-refractivity contribution in [3.63, 3.8) is 0 Å². The van der Waals surface area contributed by atoms with Gasteiger partial charge in [-0.25, -0.2) is 0 Å². The Kier molecular flexibility index (Phi) is 14.6. The zero-order chi connectivity index (χ0) is 16.9. The van der Waals surface area contributed by atoms with E-state index in [1.54, 1.807) is 12.4 Å². The largest absolute Gasteiger partial charge is 2.00 e. The van der Waals surface area contributed by atoms with E-state index in [-0.39, 0.29) is 29.7 Å². The van der Waals surface area contributed by atoms with E-state index in [2.05, 4.69) is 19.9 Å². The molecule has 0 atom stereocenters. The molecule has 0 saturated carbocycles. The smallest absolute Gasteiger partial charge is 0.104 e. The minimum atomic E-state index is -1.30. The number of pyridine rings is 2. The van der Waals surface area contributed by atoms with E-state index >= 15 is 0 Å². The van der Waals surface area contributed by atoms with E-state index in [1.165, 1.54) is 12.4 Å². The molecule has 9 nitrogen and oxygen atoms in total. The normalized spacial score (nSPS) is 8.08. The van der Waals surface area contributed by atoms with Crippen molar-refractivity contribution >= 4 is 5.97 Å². The van der Waals surface area contributed by atoms with E-state index in [0.717, 1.165) is 17.6 Å². The van der Waals surface area contributed by atoms with Gasteiger partial charge in [0.05, 0.1) is 23.6 Å². The average molecular weight is 378 g/mol. The second-order valence-electron chi connectivity index (χ2n) is 3.81. The van der Waals surface area contributed by atoms with Crippen LogP contribution >= 0.6 is 0 Å². The summed E-state index contributed by atoms with van der Waals surface area (Å²) in [5, 5.41) is 24.0. The van der Waals surface area contributed by atoms with Crippen molar-refractivity contribution in [1.29, 1.82) is 0 Å². The van der Waals surface area contributed by atoms with Gasteiger partial charge in [0.25, 0.3) is 0 Å². The molecule has 0 unspecified atom stereocenters. The number of rotatable bonds is 2. The third-order valence-corrected chi connectivity index (χ3v) is 2.36. The first kappa shape index (κ1) is 24.6. The van der Waals surface area contributed by atoms with E-state index in [1.807, 2.05) is 36.4 Å². The van der Waals surface area contributed by atoms with Crippen molar-refractivity contribution in [1.82, 2.24) is 19.9 Å². The second-order valence-corrected chi connectivity index (χ2v) is 3.81. The molecule has 131 valence electrons. The Balaban J connectivity index is 0. The summed E-state index contributed by atoms with van der Waals surface area (Å²) in [4.78, 5) is 25.3. The van der Waals surface area contributed by atoms with Crippen LogP contribution in [0.2, 0.25) is 0 Å². The van der Waals surface area contributed by atoms with Crippen molar-refractivity contribution < 1.29 is 44.4 Å². The van der Waals surface area contributed by atoms with Crippen molar-refractivity contribution in [2.75, 3.05) is 0 Å². The quantitative estimate of drug-likeness (QED) is 0.383. The van der Waals surface area contributed by atoms with Gasteiger partial charge < -0.3 is 25.9 Å². The summed E-state index contributed by atoms with van der Waals surface area (Å²) in [6.45, 7) is 0. The molecule has 0 bridgehead atoms. The zero-order valence-electron chi connectivity index (χ0n) is 12.6. The molecule has 1 radical (unpaired) electrons. The maximum Gasteiger partial charge on any atom is 0.104 e. The molecule has 25 heavy (non-hydrogen) atoms. The second kappa shape index (κ2) is 14.9. The Bertz CT molecular complexity index is 653. The molecular formula is C15H11N4O5V-5. The van der Waals surface area contributed by atoms with Gasteiger partial charge in [-0.2, -0.15) is 0 Å². The predicted octanol–water partition coefficient (Wildman–Crippen LogP) is -1.52. The van der Waals surface area contributed by atoms with E-state index in [0.29, 0.717) is 0 Å². The molecule has 0 fully saturated rings. The van der Waals surface area contributed by atoms with Gasteiger partial charge in [-0.05, 0) is 24.3 Å². The molecule has 0 aliphatic heterocycles. The Morgan fingerprint density at radius 2 is 1.32 bits per heavy atom. The van der Waals surface area contributed by atoms with Crippen LogP contribution in [0.4, 0.5) is 0 Å². The Morgan fingerprint density at radius 1 is 0.800 bits per heavy atom. The third kappa shape index (κ3) is 9.25. The molecule has 0 N–H and O–H groups in total. The van der Waals surface area contributed by atoms with Gasteiger partial charge in [0.1, 0.15) is 5.69 Å². The fraction of sp³-hybridized carbons (Fsp3) is 0. The first-order valence-corrected chi connectivity index (χ1v) is 6.24. The molecule has 3 heterocycles. The SMILES string of the molecule is O=C([O-])c1cnccn1.[O-2].[O-][O-].[V].c1ccc(-c2ccccn2)nc1. The van der Waals surface area contributed by atoms with Gasteiger partial charge in [-0.1, -0.05) is 12.1 Å². The van der Waals surface area contributed by atoms with Gasteiger partial charge in [0, 0.05) is 43.3 Å². The summed E-state index contributed by atoms with van der Waals surface area (Å²) in [5.74, 6) is -1.30. The predicted molar refractivity (Wildman–Crippen MR) is 74.5 cm³/mol. The molecule has 0 aliphatic rings. The van der Waals surface area contributed by atoms with Crippen molar-refractivity contribution in [3.05, 3.63) is 73.1 Å². The summed E-state index contributed by atoms with van der Waals surface area (Å²) >= 11 is 0. The van der Waals surface area contributed by atoms with Crippen molar-refractivity contribution in [2.45, 2.75) is 0 Å². The maximum atomic E-state index is 9.99. The summed E-state index contributed by atoms with van der Waals surface area (Å²) in [6, 6.07) is 11.6. The molecule has 0 spiro atoms. The van der Waals surface area contributed by atoms with Crippen LogP contribution < -0.4 is 15.6 Å². The average Bonchev–Trinajstić information content (AvgIpc) is 2.66. The van der Waals surface area contributed by atoms with Gasteiger partial charge >= 0.3 is 0 Å². The first-order valence-electron chi connectivity index (χ1n) is 6.24. The van der Waals surface area contributed by atoms with Crippen LogP contribution in [0.15, 0.2) is 67.4 Å². The van der Waals surface area contributed by atoms with E-state index < -0.39 is 5.97 Å². The van der Waals surface area contributed by atoms with Crippen LogP contribution in [0, 0.1) is 0 Å². The van der Waals surface area contributed by atoms with Crippen LogP contribution in [0.3, 0.4) is 0 Å². The monoisotopic (exact) mass is 378 g/mol. The van der Waals surface area contributed by atoms with Crippen LogP contribution in [0.25, 0.3) is 11.4 Å². The van der Waals surface area contributed by atoms with Crippen molar-refractivity contribution in [3.8, 4) is 11.4 Å². The summed E-state index contributed by atoms with van der Waals surface area (Å²) in [5.41, 5.74) is 1.69. The number of hydrogen-bond acceptors (Lipinski definition) is 8. The summed E-state index contributed by atoms with van der Waals surface area (Å²) in [7, 11) is 0. The van der Waals surface area contributed by atoms with Crippen LogP contribution in [0.1, 0.15) is 10.5 Å². The topological polar surface area (TPSA) is 166 Å². The maximum absolute atomic E-state index is 9.99. The number of aromatic nitrogens is 4. The molecular weight excluding hydrogens is 367 g/mol. The van der Waals surface area contributed by atoms with Crippen LogP contribution in [-0.4, -0.2) is 25.9 Å². The fourth-order valence-electron chi connectivity index (χ4n) is 1.43. The molecule has 0 aliphatic carbocycles. The molecule has 10 heteroatoms. The van der Waals surface area contributed by atoms with Gasteiger partial charge in [-0.15, -0.1) is 0 Å². The number of carbonyl (C=O) groups excluding carboxylic acids is 1. The molecule has 0 aromatic carbocycles. The summed E-state index contributed by atoms with van der Waals surface area (Å²) in [6.07, 6.45) is 7.36. The number of carboxylic acids is 1. The molecule has 3 rings (SSSR count). The summed E-state index contributed by atoms with van der Waals surface area (Å²) < 4.78 is 0. The fourth-order valence-corrected chi connectivity index (χ4v) is 1.43. The van der Waals surface area contributed by atoms with Gasteiger partial charge in [0.2, 0.25) is 0 Å². The van der Waals surface area contributed by atoms with Crippen LogP contribution in [0.5, 0.6) is 0 Å². The molecule has 3 aromatic heterocycles. The molecule has 3 aromatic rings.